The molecule has 0 fully saturated rings. The number of carboxylic acids is 1. The van der Waals surface area contributed by atoms with Crippen molar-refractivity contribution < 1.29 is 14.6 Å². The summed E-state index contributed by atoms with van der Waals surface area (Å²) in [7, 11) is 0. The summed E-state index contributed by atoms with van der Waals surface area (Å²) in [4.78, 5) is 10.4. The molecule has 0 radical (unpaired) electrons. The van der Waals surface area contributed by atoms with Gasteiger partial charge in [-0.25, -0.2) is 4.79 Å². The zero-order valence-electron chi connectivity index (χ0n) is 7.83. The number of ether oxygens (including phenoxy) is 1. The van der Waals surface area contributed by atoms with Crippen LogP contribution in [0.1, 0.15) is 27.2 Å². The molecule has 70 valence electrons. The lowest BCUT2D eigenvalue weighted by molar-refractivity contribution is -0.132. The molecule has 0 aliphatic carbocycles. The first kappa shape index (κ1) is 11.2. The molecule has 0 saturated heterocycles. The molecule has 0 aromatic rings. The molecule has 0 aromatic heterocycles. The van der Waals surface area contributed by atoms with E-state index in [0.29, 0.717) is 18.6 Å². The highest BCUT2D eigenvalue weighted by Gasteiger charge is 2.01. The van der Waals surface area contributed by atoms with Crippen molar-refractivity contribution in [2.45, 2.75) is 33.3 Å². The molecular formula is C9H16O3. The zero-order valence-corrected chi connectivity index (χ0v) is 7.83. The Kier molecular flexibility index (Phi) is 5.37. The lowest BCUT2D eigenvalue weighted by Crippen LogP contribution is -2.07. The molecule has 1 unspecified atom stereocenters. The first-order chi connectivity index (χ1) is 5.57. The summed E-state index contributed by atoms with van der Waals surface area (Å²) in [5, 5.41) is 8.52. The van der Waals surface area contributed by atoms with Gasteiger partial charge in [0.2, 0.25) is 0 Å². The van der Waals surface area contributed by atoms with Crippen LogP contribution >= 0.6 is 0 Å². The van der Waals surface area contributed by atoms with E-state index < -0.39 is 5.97 Å². The maximum absolute atomic E-state index is 10.4. The molecule has 0 rings (SSSR count). The third kappa shape index (κ3) is 4.91. The van der Waals surface area contributed by atoms with Crippen molar-refractivity contribution in [3.8, 4) is 0 Å². The van der Waals surface area contributed by atoms with Crippen LogP contribution in [0.15, 0.2) is 11.6 Å². The second-order valence-electron chi connectivity index (χ2n) is 2.69. The summed E-state index contributed by atoms with van der Waals surface area (Å²) in [6.45, 7) is 6.10. The SMILES string of the molecule is CCOC(C)C/C=C(\C)C(=O)O. The molecule has 1 atom stereocenters. The number of hydrogen-bond acceptors (Lipinski definition) is 2. The van der Waals surface area contributed by atoms with Crippen LogP contribution < -0.4 is 0 Å². The zero-order chi connectivity index (χ0) is 9.56. The molecule has 0 bridgehead atoms. The Morgan fingerprint density at radius 2 is 2.25 bits per heavy atom. The smallest absolute Gasteiger partial charge is 0.330 e. The number of hydrogen-bond donors (Lipinski definition) is 1. The highest BCUT2D eigenvalue weighted by molar-refractivity contribution is 5.85. The fourth-order valence-electron chi connectivity index (χ4n) is 0.783. The van der Waals surface area contributed by atoms with E-state index >= 15 is 0 Å². The van der Waals surface area contributed by atoms with Crippen molar-refractivity contribution in [2.24, 2.45) is 0 Å². The first-order valence-corrected chi connectivity index (χ1v) is 4.09. The van der Waals surface area contributed by atoms with Crippen LogP contribution in [0.3, 0.4) is 0 Å². The molecule has 0 saturated carbocycles. The normalized spacial score (nSPS) is 14.4. The van der Waals surface area contributed by atoms with Gasteiger partial charge in [0.05, 0.1) is 6.10 Å². The van der Waals surface area contributed by atoms with E-state index in [1.54, 1.807) is 13.0 Å². The maximum Gasteiger partial charge on any atom is 0.330 e. The Bertz CT molecular complexity index is 173. The van der Waals surface area contributed by atoms with Gasteiger partial charge in [0.25, 0.3) is 0 Å². The second-order valence-corrected chi connectivity index (χ2v) is 2.69. The Hall–Kier alpha value is -0.830. The lowest BCUT2D eigenvalue weighted by atomic mass is 10.2. The third-order valence-electron chi connectivity index (χ3n) is 1.54. The maximum atomic E-state index is 10.4. The van der Waals surface area contributed by atoms with Crippen LogP contribution in [-0.2, 0) is 9.53 Å². The summed E-state index contributed by atoms with van der Waals surface area (Å²) in [6, 6.07) is 0. The van der Waals surface area contributed by atoms with E-state index in [9.17, 15) is 4.79 Å². The van der Waals surface area contributed by atoms with E-state index in [1.807, 2.05) is 13.8 Å². The standard InChI is InChI=1S/C9H16O3/c1-4-12-8(3)6-5-7(2)9(10)11/h5,8H,4,6H2,1-3H3,(H,10,11)/b7-5+. The van der Waals surface area contributed by atoms with Crippen molar-refractivity contribution in [2.75, 3.05) is 6.61 Å². The summed E-state index contributed by atoms with van der Waals surface area (Å²) in [5.41, 5.74) is 0.376. The van der Waals surface area contributed by atoms with Gasteiger partial charge in [-0.05, 0) is 27.2 Å². The molecule has 3 nitrogen and oxygen atoms in total. The van der Waals surface area contributed by atoms with Crippen LogP contribution in [0, 0.1) is 0 Å². The first-order valence-electron chi connectivity index (χ1n) is 4.09. The molecule has 0 amide bonds. The Balaban J connectivity index is 3.79. The van der Waals surface area contributed by atoms with Crippen LogP contribution in [0.5, 0.6) is 0 Å². The molecule has 0 spiro atoms. The van der Waals surface area contributed by atoms with E-state index in [-0.39, 0.29) is 6.10 Å². The van der Waals surface area contributed by atoms with E-state index in [4.69, 9.17) is 9.84 Å². The fraction of sp³-hybridized carbons (Fsp3) is 0.667. The van der Waals surface area contributed by atoms with Crippen LogP contribution in [0.2, 0.25) is 0 Å². The van der Waals surface area contributed by atoms with Gasteiger partial charge in [0.1, 0.15) is 0 Å². The van der Waals surface area contributed by atoms with Crippen LogP contribution in [0.4, 0.5) is 0 Å². The molecular weight excluding hydrogens is 156 g/mol. The van der Waals surface area contributed by atoms with Crippen LogP contribution in [0.25, 0.3) is 0 Å². The predicted octanol–water partition coefficient (Wildman–Crippen LogP) is 1.83. The van der Waals surface area contributed by atoms with Gasteiger partial charge in [-0.3, -0.25) is 0 Å². The van der Waals surface area contributed by atoms with Gasteiger partial charge in [-0.2, -0.15) is 0 Å². The molecule has 0 aliphatic heterocycles. The minimum absolute atomic E-state index is 0.101. The van der Waals surface area contributed by atoms with Gasteiger partial charge in [0, 0.05) is 12.2 Å². The van der Waals surface area contributed by atoms with Crippen LogP contribution in [-0.4, -0.2) is 23.8 Å². The molecule has 1 N–H and O–H groups in total. The summed E-state index contributed by atoms with van der Waals surface area (Å²) < 4.78 is 5.23. The second kappa shape index (κ2) is 5.77. The molecule has 0 heterocycles. The lowest BCUT2D eigenvalue weighted by Gasteiger charge is -2.07. The molecule has 0 aromatic carbocycles. The highest BCUT2D eigenvalue weighted by atomic mass is 16.5. The molecule has 12 heavy (non-hydrogen) atoms. The number of rotatable bonds is 5. The Morgan fingerprint density at radius 1 is 1.67 bits per heavy atom. The minimum atomic E-state index is -0.862. The Labute approximate surface area is 73.0 Å². The minimum Gasteiger partial charge on any atom is -0.478 e. The molecule has 3 heteroatoms. The van der Waals surface area contributed by atoms with E-state index in [1.165, 1.54) is 0 Å². The van der Waals surface area contributed by atoms with Crippen molar-refractivity contribution in [3.05, 3.63) is 11.6 Å². The average Bonchev–Trinajstić information content (AvgIpc) is 2.00. The summed E-state index contributed by atoms with van der Waals surface area (Å²) in [5.74, 6) is -0.862. The summed E-state index contributed by atoms with van der Waals surface area (Å²) >= 11 is 0. The predicted molar refractivity (Wildman–Crippen MR) is 47.1 cm³/mol. The van der Waals surface area contributed by atoms with Gasteiger partial charge >= 0.3 is 5.97 Å². The monoisotopic (exact) mass is 172 g/mol. The fourth-order valence-corrected chi connectivity index (χ4v) is 0.783. The quantitative estimate of drug-likeness (QED) is 0.643. The molecule has 0 aliphatic rings. The average molecular weight is 172 g/mol. The summed E-state index contributed by atoms with van der Waals surface area (Å²) in [6.07, 6.45) is 2.44. The largest absolute Gasteiger partial charge is 0.478 e. The third-order valence-corrected chi connectivity index (χ3v) is 1.54. The van der Waals surface area contributed by atoms with Gasteiger partial charge < -0.3 is 9.84 Å². The van der Waals surface area contributed by atoms with Crippen molar-refractivity contribution >= 4 is 5.97 Å². The van der Waals surface area contributed by atoms with Crippen molar-refractivity contribution in [1.82, 2.24) is 0 Å². The number of carboxylic acid groups (broad SMARTS) is 1. The van der Waals surface area contributed by atoms with Gasteiger partial charge in [-0.15, -0.1) is 0 Å². The number of carbonyl (C=O) groups is 1. The Morgan fingerprint density at radius 3 is 2.67 bits per heavy atom. The highest BCUT2D eigenvalue weighted by Crippen LogP contribution is 2.02. The van der Waals surface area contributed by atoms with Crippen molar-refractivity contribution in [3.63, 3.8) is 0 Å². The van der Waals surface area contributed by atoms with Gasteiger partial charge in [-0.1, -0.05) is 6.08 Å². The van der Waals surface area contributed by atoms with Gasteiger partial charge in [0.15, 0.2) is 0 Å². The number of aliphatic carboxylic acids is 1. The van der Waals surface area contributed by atoms with Crippen molar-refractivity contribution in [1.29, 1.82) is 0 Å². The van der Waals surface area contributed by atoms with E-state index in [2.05, 4.69) is 0 Å². The topological polar surface area (TPSA) is 46.5 Å². The van der Waals surface area contributed by atoms with E-state index in [0.717, 1.165) is 0 Å².